The minimum atomic E-state index is -0.0763. The number of hydrogen-bond donors (Lipinski definition) is 0. The van der Waals surface area contributed by atoms with Gasteiger partial charge >= 0.3 is 0 Å². The summed E-state index contributed by atoms with van der Waals surface area (Å²) in [5.74, 6) is 0.317. The fourth-order valence-electron chi connectivity index (χ4n) is 6.70. The van der Waals surface area contributed by atoms with Crippen molar-refractivity contribution in [2.24, 2.45) is 0 Å². The fourth-order valence-corrected chi connectivity index (χ4v) is 6.70. The van der Waals surface area contributed by atoms with Gasteiger partial charge in [0.05, 0.1) is 5.92 Å². The molecule has 0 radical (unpaired) electrons. The zero-order valence-corrected chi connectivity index (χ0v) is 17.7. The van der Waals surface area contributed by atoms with Crippen LogP contribution < -0.4 is 4.57 Å². The second kappa shape index (κ2) is 5.29. The predicted octanol–water partition coefficient (Wildman–Crippen LogP) is 6.11. The average molecular weight is 387 g/mol. The van der Waals surface area contributed by atoms with E-state index in [-0.39, 0.29) is 5.54 Å². The van der Waals surface area contributed by atoms with E-state index < -0.39 is 0 Å². The summed E-state index contributed by atoms with van der Waals surface area (Å²) in [5.41, 5.74) is 16.2. The minimum Gasteiger partial charge on any atom is -0.192 e. The smallest absolute Gasteiger partial charge is 0.192 e. The Hall–Kier alpha value is -3.19. The maximum absolute atomic E-state index is 2.52. The van der Waals surface area contributed by atoms with Gasteiger partial charge in [-0.15, -0.1) is 0 Å². The molecule has 0 N–H and O–H groups in total. The van der Waals surface area contributed by atoms with Gasteiger partial charge < -0.3 is 0 Å². The van der Waals surface area contributed by atoms with Crippen LogP contribution in [0.25, 0.3) is 22.3 Å². The summed E-state index contributed by atoms with van der Waals surface area (Å²) in [7, 11) is 0. The van der Waals surface area contributed by atoms with Crippen molar-refractivity contribution in [1.82, 2.24) is 0 Å². The molecule has 0 saturated carbocycles. The van der Waals surface area contributed by atoms with Crippen molar-refractivity contribution >= 4 is 0 Å². The Morgan fingerprint density at radius 2 is 1.57 bits per heavy atom. The molecule has 1 atom stereocenters. The highest BCUT2D eigenvalue weighted by Gasteiger charge is 2.51. The minimum absolute atomic E-state index is 0.0763. The van der Waals surface area contributed by atoms with Crippen LogP contribution in [0.4, 0.5) is 0 Å². The maximum atomic E-state index is 2.52. The molecule has 144 valence electrons. The van der Waals surface area contributed by atoms with Gasteiger partial charge in [-0.3, -0.25) is 0 Å². The lowest BCUT2D eigenvalue weighted by Crippen LogP contribution is -2.59. The van der Waals surface area contributed by atoms with Crippen molar-refractivity contribution in [3.05, 3.63) is 112 Å². The van der Waals surface area contributed by atoms with Crippen LogP contribution in [0, 0.1) is 6.92 Å². The lowest BCUT2D eigenvalue weighted by molar-refractivity contribution is -0.756. The van der Waals surface area contributed by atoms with Crippen LogP contribution >= 0.6 is 0 Å². The van der Waals surface area contributed by atoms with E-state index in [1.54, 1.807) is 5.56 Å². The molecule has 0 bridgehead atoms. The Morgan fingerprint density at radius 1 is 0.833 bits per heavy atom. The van der Waals surface area contributed by atoms with Gasteiger partial charge in [-0.05, 0) is 63.4 Å². The molecule has 0 saturated heterocycles. The normalized spacial score (nSPS) is 18.3. The van der Waals surface area contributed by atoms with Gasteiger partial charge in [0, 0.05) is 31.5 Å². The van der Waals surface area contributed by atoms with Gasteiger partial charge in [0.1, 0.15) is 0 Å². The third-order valence-corrected chi connectivity index (χ3v) is 7.80. The summed E-state index contributed by atoms with van der Waals surface area (Å²) in [6.07, 6.45) is 3.33. The van der Waals surface area contributed by atoms with Crippen LogP contribution in [-0.4, -0.2) is 0 Å². The van der Waals surface area contributed by atoms with E-state index in [9.17, 15) is 0 Å². The van der Waals surface area contributed by atoms with Crippen molar-refractivity contribution in [2.75, 3.05) is 0 Å². The van der Waals surface area contributed by atoms with Gasteiger partial charge in [0.15, 0.2) is 17.4 Å². The molecule has 1 heteroatoms. The maximum Gasteiger partial charge on any atom is 0.194 e. The van der Waals surface area contributed by atoms with Crippen LogP contribution in [-0.2, 0) is 12.0 Å². The van der Waals surface area contributed by atoms with Crippen LogP contribution in [0.3, 0.4) is 0 Å². The summed E-state index contributed by atoms with van der Waals surface area (Å²) < 4.78 is 2.52. The Morgan fingerprint density at radius 3 is 2.43 bits per heavy atom. The Bertz CT molecular complexity index is 1410. The molecule has 0 fully saturated rings. The summed E-state index contributed by atoms with van der Waals surface area (Å²) in [5, 5.41) is 0. The quantitative estimate of drug-likeness (QED) is 0.277. The van der Waals surface area contributed by atoms with Crippen molar-refractivity contribution in [1.29, 1.82) is 0 Å². The molecule has 0 spiro atoms. The lowest BCUT2D eigenvalue weighted by Gasteiger charge is -2.34. The van der Waals surface area contributed by atoms with E-state index in [2.05, 4.69) is 98.3 Å². The number of hydrogen-bond acceptors (Lipinski definition) is 0. The molecule has 2 aliphatic carbocycles. The first-order chi connectivity index (χ1) is 14.6. The largest absolute Gasteiger partial charge is 0.194 e. The van der Waals surface area contributed by atoms with Crippen LogP contribution in [0.1, 0.15) is 58.8 Å². The number of nitrogens with zero attached hydrogens (tertiary/aromatic N) is 1. The lowest BCUT2D eigenvalue weighted by atomic mass is 9.73. The highest BCUT2D eigenvalue weighted by molar-refractivity contribution is 5.98. The first kappa shape index (κ1) is 16.6. The van der Waals surface area contributed by atoms with E-state index in [4.69, 9.17) is 0 Å². The standard InChI is InChI=1S/C29H24N/c1-17-22-16-18-10-4-5-11-19(18)24(22)26-21-13-7-6-12-20(21)25-23-14-8-9-15-30(23)29(2,3)28(17)27(25)26/h4-15,25H,16H2,1-3H3/q+1. The SMILES string of the molecule is Cc1c2c(c3c4c1C(C)(C)[n+]1ccccc1C4c1ccccc1-3)-c1ccccc1C2. The summed E-state index contributed by atoms with van der Waals surface area (Å²) in [4.78, 5) is 0. The monoisotopic (exact) mass is 386 g/mol. The van der Waals surface area contributed by atoms with E-state index in [0.29, 0.717) is 5.92 Å². The van der Waals surface area contributed by atoms with E-state index >= 15 is 0 Å². The highest BCUT2D eigenvalue weighted by Crippen LogP contribution is 2.59. The van der Waals surface area contributed by atoms with E-state index in [1.807, 2.05) is 0 Å². The summed E-state index contributed by atoms with van der Waals surface area (Å²) in [6.45, 7) is 7.16. The van der Waals surface area contributed by atoms with Crippen LogP contribution in [0.2, 0.25) is 0 Å². The van der Waals surface area contributed by atoms with Crippen molar-refractivity contribution < 1.29 is 4.57 Å². The van der Waals surface area contributed by atoms with Gasteiger partial charge in [-0.2, -0.15) is 4.57 Å². The summed E-state index contributed by atoms with van der Waals surface area (Å²) in [6, 6.07) is 24.8. The zero-order valence-electron chi connectivity index (χ0n) is 17.7. The van der Waals surface area contributed by atoms with Gasteiger partial charge in [-0.25, -0.2) is 0 Å². The number of fused-ring (bicyclic) bond motifs is 9. The van der Waals surface area contributed by atoms with Gasteiger partial charge in [0.25, 0.3) is 0 Å². The van der Waals surface area contributed by atoms with Crippen molar-refractivity contribution in [3.63, 3.8) is 0 Å². The molecule has 3 aliphatic rings. The third kappa shape index (κ3) is 1.74. The molecule has 3 aromatic carbocycles. The second-order valence-electron chi connectivity index (χ2n) is 9.55. The van der Waals surface area contributed by atoms with E-state index in [0.717, 1.165) is 6.42 Å². The number of rotatable bonds is 0. The van der Waals surface area contributed by atoms with Gasteiger partial charge in [-0.1, -0.05) is 54.6 Å². The predicted molar refractivity (Wildman–Crippen MR) is 121 cm³/mol. The Labute approximate surface area is 177 Å². The molecule has 4 aromatic rings. The zero-order chi connectivity index (χ0) is 20.2. The molecule has 0 amide bonds. The average Bonchev–Trinajstić information content (AvgIpc) is 3.30. The van der Waals surface area contributed by atoms with Crippen LogP contribution in [0.15, 0.2) is 72.9 Å². The molecule has 2 heterocycles. The molecule has 30 heavy (non-hydrogen) atoms. The molecule has 1 aliphatic heterocycles. The molecule has 1 aromatic heterocycles. The second-order valence-corrected chi connectivity index (χ2v) is 9.55. The molecule has 7 rings (SSSR count). The number of pyridine rings is 1. The van der Waals surface area contributed by atoms with Crippen LogP contribution in [0.5, 0.6) is 0 Å². The fraction of sp³-hybridized carbons (Fsp3) is 0.207. The first-order valence-electron chi connectivity index (χ1n) is 11.0. The summed E-state index contributed by atoms with van der Waals surface area (Å²) >= 11 is 0. The Kier molecular flexibility index (Phi) is 2.92. The molecule has 1 nitrogen and oxygen atoms in total. The number of aromatic nitrogens is 1. The van der Waals surface area contributed by atoms with Crippen molar-refractivity contribution in [2.45, 2.75) is 38.6 Å². The van der Waals surface area contributed by atoms with Gasteiger partial charge in [0.2, 0.25) is 0 Å². The van der Waals surface area contributed by atoms with E-state index in [1.165, 1.54) is 55.8 Å². The number of benzene rings is 3. The topological polar surface area (TPSA) is 3.88 Å². The highest BCUT2D eigenvalue weighted by atomic mass is 15.1. The molecule has 1 unspecified atom stereocenters. The first-order valence-corrected chi connectivity index (χ1v) is 11.0. The van der Waals surface area contributed by atoms with Crippen molar-refractivity contribution in [3.8, 4) is 22.3 Å². The Balaban J connectivity index is 1.72. The molecular weight excluding hydrogens is 362 g/mol. The third-order valence-electron chi connectivity index (χ3n) is 7.80. The molecular formula is C29H24N+.